The summed E-state index contributed by atoms with van der Waals surface area (Å²) in [4.78, 5) is 27.1. The van der Waals surface area contributed by atoms with E-state index < -0.39 is 5.91 Å². The zero-order valence-electron chi connectivity index (χ0n) is 17.3. The number of hydrogen-bond donors (Lipinski definition) is 1. The van der Waals surface area contributed by atoms with Crippen molar-refractivity contribution in [3.63, 3.8) is 0 Å². The Morgan fingerprint density at radius 3 is 2.56 bits per heavy atom. The van der Waals surface area contributed by atoms with Gasteiger partial charge in [0, 0.05) is 5.02 Å². The van der Waals surface area contributed by atoms with E-state index in [2.05, 4.69) is 5.32 Å². The fourth-order valence-corrected chi connectivity index (χ4v) is 4.83. The van der Waals surface area contributed by atoms with E-state index in [0.717, 1.165) is 5.56 Å². The Labute approximate surface area is 220 Å². The van der Waals surface area contributed by atoms with Crippen LogP contribution in [-0.2, 0) is 9.59 Å². The second-order valence-electron chi connectivity index (χ2n) is 7.00. The summed E-state index contributed by atoms with van der Waals surface area (Å²) < 4.78 is 6.04. The third-order valence-electron chi connectivity index (χ3n) is 4.63. The molecule has 1 saturated heterocycles. The molecular formula is C24H15Cl3N2O3S2. The summed E-state index contributed by atoms with van der Waals surface area (Å²) in [5, 5.41) is 3.84. The smallest absolute Gasteiger partial charge is 0.270 e. The monoisotopic (exact) mass is 548 g/mol. The number of benzene rings is 3. The number of halogens is 3. The Morgan fingerprint density at radius 2 is 1.79 bits per heavy atom. The molecule has 10 heteroatoms. The molecule has 0 saturated carbocycles. The average Bonchev–Trinajstić information content (AvgIpc) is 3.09. The van der Waals surface area contributed by atoms with Crippen LogP contribution in [0.15, 0.2) is 71.6 Å². The van der Waals surface area contributed by atoms with Gasteiger partial charge in [0.2, 0.25) is 0 Å². The van der Waals surface area contributed by atoms with Gasteiger partial charge in [-0.2, -0.15) is 0 Å². The Bertz CT molecular complexity index is 1310. The number of amides is 2. The average molecular weight is 550 g/mol. The molecular weight excluding hydrogens is 535 g/mol. The molecule has 3 aromatic rings. The third-order valence-corrected chi connectivity index (χ3v) is 7.00. The third kappa shape index (κ3) is 5.74. The van der Waals surface area contributed by atoms with E-state index in [1.165, 1.54) is 16.7 Å². The molecule has 34 heavy (non-hydrogen) atoms. The Morgan fingerprint density at radius 1 is 1.06 bits per heavy atom. The first kappa shape index (κ1) is 24.6. The fraction of sp³-hybridized carbons (Fsp3) is 0.0417. The van der Waals surface area contributed by atoms with Gasteiger partial charge in [0.25, 0.3) is 11.8 Å². The second kappa shape index (κ2) is 10.8. The molecule has 4 rings (SSSR count). The first-order chi connectivity index (χ1) is 16.3. The lowest BCUT2D eigenvalue weighted by atomic mass is 10.2. The highest BCUT2D eigenvalue weighted by atomic mass is 35.5. The van der Waals surface area contributed by atoms with E-state index in [1.54, 1.807) is 66.7 Å². The molecule has 3 aromatic carbocycles. The number of rotatable bonds is 6. The first-order valence-corrected chi connectivity index (χ1v) is 12.2. The van der Waals surface area contributed by atoms with Crippen molar-refractivity contribution in [2.45, 2.75) is 0 Å². The van der Waals surface area contributed by atoms with Gasteiger partial charge in [-0.3, -0.25) is 14.5 Å². The maximum absolute atomic E-state index is 12.9. The van der Waals surface area contributed by atoms with E-state index in [1.807, 2.05) is 6.07 Å². The van der Waals surface area contributed by atoms with Crippen LogP contribution in [0.25, 0.3) is 6.08 Å². The Hall–Kier alpha value is -2.55. The van der Waals surface area contributed by atoms with Crippen LogP contribution in [0.1, 0.15) is 5.56 Å². The van der Waals surface area contributed by atoms with Crippen LogP contribution < -0.4 is 15.0 Å². The zero-order valence-corrected chi connectivity index (χ0v) is 21.2. The lowest BCUT2D eigenvalue weighted by Crippen LogP contribution is -2.27. The van der Waals surface area contributed by atoms with Gasteiger partial charge >= 0.3 is 0 Å². The van der Waals surface area contributed by atoms with Crippen molar-refractivity contribution in [2.75, 3.05) is 16.8 Å². The van der Waals surface area contributed by atoms with Crippen molar-refractivity contribution in [2.24, 2.45) is 0 Å². The highest BCUT2D eigenvalue weighted by molar-refractivity contribution is 8.27. The normalized spacial score (nSPS) is 14.6. The minimum Gasteiger partial charge on any atom is -0.484 e. The number of carbonyl (C=O) groups excluding carboxylic acids is 2. The topological polar surface area (TPSA) is 58.6 Å². The molecule has 1 N–H and O–H groups in total. The van der Waals surface area contributed by atoms with Gasteiger partial charge in [0.1, 0.15) is 5.75 Å². The quantitative estimate of drug-likeness (QED) is 0.263. The van der Waals surface area contributed by atoms with Gasteiger partial charge in [0.15, 0.2) is 10.9 Å². The van der Waals surface area contributed by atoms with Crippen molar-refractivity contribution in [1.29, 1.82) is 0 Å². The number of thioether (sulfide) groups is 1. The molecule has 2 amide bonds. The molecule has 5 nitrogen and oxygen atoms in total. The predicted octanol–water partition coefficient (Wildman–Crippen LogP) is 7.07. The van der Waals surface area contributed by atoms with Crippen LogP contribution in [-0.4, -0.2) is 22.7 Å². The maximum atomic E-state index is 12.9. The van der Waals surface area contributed by atoms with Crippen LogP contribution in [0.5, 0.6) is 5.75 Å². The fourth-order valence-electron chi connectivity index (χ4n) is 3.06. The summed E-state index contributed by atoms with van der Waals surface area (Å²) in [5.41, 5.74) is 1.78. The summed E-state index contributed by atoms with van der Waals surface area (Å²) in [6.45, 7) is -0.231. The van der Waals surface area contributed by atoms with Crippen LogP contribution in [0.4, 0.5) is 11.4 Å². The molecule has 0 aromatic heterocycles. The maximum Gasteiger partial charge on any atom is 0.270 e. The minimum atomic E-state index is -0.390. The molecule has 0 unspecified atom stereocenters. The first-order valence-electron chi connectivity index (χ1n) is 9.82. The zero-order chi connectivity index (χ0) is 24.2. The van der Waals surface area contributed by atoms with Gasteiger partial charge < -0.3 is 10.1 Å². The largest absolute Gasteiger partial charge is 0.484 e. The predicted molar refractivity (Wildman–Crippen MR) is 144 cm³/mol. The van der Waals surface area contributed by atoms with Gasteiger partial charge in [-0.05, 0) is 60.2 Å². The highest BCUT2D eigenvalue weighted by Crippen LogP contribution is 2.36. The molecule has 1 aliphatic heterocycles. The number of hydrogen-bond acceptors (Lipinski definition) is 5. The molecule has 0 radical (unpaired) electrons. The van der Waals surface area contributed by atoms with Gasteiger partial charge in [0.05, 0.1) is 26.3 Å². The lowest BCUT2D eigenvalue weighted by molar-refractivity contribution is -0.118. The van der Waals surface area contributed by atoms with Crippen molar-refractivity contribution in [1.82, 2.24) is 0 Å². The van der Waals surface area contributed by atoms with Crippen molar-refractivity contribution in [3.05, 3.63) is 92.3 Å². The second-order valence-corrected chi connectivity index (χ2v) is 9.90. The molecule has 1 aliphatic rings. The number of nitrogens with one attached hydrogen (secondary N) is 1. The SMILES string of the molecule is O=C(COc1cccc(/C=C2\SC(=S)N(c3ccc(Cl)cc3)C2=O)c1)Nc1cccc(Cl)c1Cl. The summed E-state index contributed by atoms with van der Waals surface area (Å²) in [6, 6.07) is 18.9. The number of carbonyl (C=O) groups is 2. The number of anilines is 2. The summed E-state index contributed by atoms with van der Waals surface area (Å²) in [7, 11) is 0. The van der Waals surface area contributed by atoms with E-state index in [-0.39, 0.29) is 17.5 Å². The van der Waals surface area contributed by atoms with E-state index >= 15 is 0 Å². The molecule has 0 spiro atoms. The van der Waals surface area contributed by atoms with Gasteiger partial charge in [-0.1, -0.05) is 77.0 Å². The summed E-state index contributed by atoms with van der Waals surface area (Å²) >= 11 is 24.6. The van der Waals surface area contributed by atoms with Crippen molar-refractivity contribution in [3.8, 4) is 5.75 Å². The van der Waals surface area contributed by atoms with E-state index in [4.69, 9.17) is 51.8 Å². The molecule has 1 heterocycles. The van der Waals surface area contributed by atoms with Crippen LogP contribution in [0.3, 0.4) is 0 Å². The lowest BCUT2D eigenvalue weighted by Gasteiger charge is -2.14. The summed E-state index contributed by atoms with van der Waals surface area (Å²) in [5.74, 6) is -0.144. The Balaban J connectivity index is 1.42. The molecule has 0 bridgehead atoms. The van der Waals surface area contributed by atoms with Crippen LogP contribution >= 0.6 is 58.8 Å². The minimum absolute atomic E-state index is 0.221. The molecule has 1 fully saturated rings. The number of thiocarbonyl (C=S) groups is 1. The summed E-state index contributed by atoms with van der Waals surface area (Å²) in [6.07, 6.45) is 1.73. The van der Waals surface area contributed by atoms with Crippen molar-refractivity contribution >= 4 is 92.4 Å². The van der Waals surface area contributed by atoms with Crippen LogP contribution in [0.2, 0.25) is 15.1 Å². The highest BCUT2D eigenvalue weighted by Gasteiger charge is 2.33. The molecule has 0 atom stereocenters. The van der Waals surface area contributed by atoms with Gasteiger partial charge in [-0.15, -0.1) is 0 Å². The standard InChI is InChI=1S/C24H15Cl3N2O3S2/c25-15-7-9-16(10-8-15)29-23(31)20(34-24(29)33)12-14-3-1-4-17(11-14)32-13-21(30)28-19-6-2-5-18(26)22(19)27/h1-12H,13H2,(H,28,30)/b20-12-. The van der Waals surface area contributed by atoms with E-state index in [9.17, 15) is 9.59 Å². The Kier molecular flexibility index (Phi) is 7.80. The molecule has 0 aliphatic carbocycles. The molecule has 172 valence electrons. The van der Waals surface area contributed by atoms with E-state index in [0.29, 0.717) is 36.4 Å². The van der Waals surface area contributed by atoms with Crippen molar-refractivity contribution < 1.29 is 14.3 Å². The van der Waals surface area contributed by atoms with Crippen LogP contribution in [0, 0.1) is 0 Å². The number of ether oxygens (including phenoxy) is 1. The van der Waals surface area contributed by atoms with Gasteiger partial charge in [-0.25, -0.2) is 0 Å². The number of nitrogens with zero attached hydrogens (tertiary/aromatic N) is 1.